The van der Waals surface area contributed by atoms with Crippen LogP contribution in [-0.4, -0.2) is 31.1 Å². The van der Waals surface area contributed by atoms with Crippen molar-refractivity contribution in [2.24, 2.45) is 10.2 Å². The van der Waals surface area contributed by atoms with Crippen LogP contribution in [0.3, 0.4) is 0 Å². The zero-order valence-electron chi connectivity index (χ0n) is 14.5. The molecule has 0 aliphatic carbocycles. The van der Waals surface area contributed by atoms with Crippen molar-refractivity contribution < 1.29 is 19.1 Å². The number of benzene rings is 2. The number of ether oxygens (including phenoxy) is 2. The van der Waals surface area contributed by atoms with Crippen LogP contribution in [0.1, 0.15) is 20.8 Å². The molecule has 0 unspecified atom stereocenters. The lowest BCUT2D eigenvalue weighted by Crippen LogP contribution is -2.14. The number of esters is 2. The quantitative estimate of drug-likeness (QED) is 0.473. The summed E-state index contributed by atoms with van der Waals surface area (Å²) in [6.45, 7) is 0. The van der Waals surface area contributed by atoms with Crippen molar-refractivity contribution in [3.63, 3.8) is 0 Å². The van der Waals surface area contributed by atoms with Gasteiger partial charge >= 0.3 is 11.9 Å². The van der Waals surface area contributed by atoms with Gasteiger partial charge in [-0.15, -0.1) is 10.2 Å². The number of nitrogens with zero attached hydrogens (tertiary/aromatic N) is 3. The van der Waals surface area contributed by atoms with Gasteiger partial charge in [-0.2, -0.15) is 0 Å². The number of methoxy groups -OCH3 is 2. The molecule has 0 atom stereocenters. The third kappa shape index (κ3) is 3.63. The molecule has 0 radical (unpaired) electrons. The summed E-state index contributed by atoms with van der Waals surface area (Å²) in [5, 5.41) is 9.32. The van der Waals surface area contributed by atoms with E-state index in [0.717, 1.165) is 0 Å². The van der Waals surface area contributed by atoms with Crippen molar-refractivity contribution in [2.45, 2.75) is 0 Å². The van der Waals surface area contributed by atoms with Gasteiger partial charge < -0.3 is 9.47 Å². The lowest BCUT2D eigenvalue weighted by Gasteiger charge is -2.12. The Hall–Kier alpha value is -3.32. The first-order chi connectivity index (χ1) is 13.1. The molecule has 2 aromatic carbocycles. The molecule has 136 valence electrons. The van der Waals surface area contributed by atoms with Crippen molar-refractivity contribution in [1.82, 2.24) is 4.98 Å². The van der Waals surface area contributed by atoms with Gasteiger partial charge in [0.2, 0.25) is 0 Å². The number of hydrogen-bond acceptors (Lipinski definition) is 7. The fraction of sp³-hybridized carbons (Fsp3) is 0.105. The monoisotopic (exact) mass is 383 g/mol. The van der Waals surface area contributed by atoms with E-state index in [2.05, 4.69) is 15.2 Å². The predicted octanol–water partition coefficient (Wildman–Crippen LogP) is 4.88. The number of aromatic nitrogens is 1. The molecule has 0 fully saturated rings. The van der Waals surface area contributed by atoms with Crippen LogP contribution >= 0.6 is 11.6 Å². The Labute approximate surface area is 159 Å². The molecule has 0 amide bonds. The normalized spacial score (nSPS) is 10.9. The second-order valence-corrected chi connectivity index (χ2v) is 5.75. The molecule has 0 bridgehead atoms. The number of carbonyl (C=O) groups excluding carboxylic acids is 2. The topological polar surface area (TPSA) is 90.2 Å². The average molecular weight is 384 g/mol. The van der Waals surface area contributed by atoms with E-state index in [9.17, 15) is 9.59 Å². The summed E-state index contributed by atoms with van der Waals surface area (Å²) in [4.78, 5) is 28.7. The molecule has 0 N–H and O–H groups in total. The first kappa shape index (κ1) is 18.5. The Kier molecular flexibility index (Phi) is 5.42. The first-order valence-corrected chi connectivity index (χ1v) is 8.20. The maximum atomic E-state index is 12.3. The van der Waals surface area contributed by atoms with E-state index in [1.165, 1.54) is 14.2 Å². The molecule has 0 saturated carbocycles. The Morgan fingerprint density at radius 2 is 1.63 bits per heavy atom. The zero-order chi connectivity index (χ0) is 19.4. The highest BCUT2D eigenvalue weighted by atomic mass is 35.5. The Bertz CT molecular complexity index is 1050. The minimum absolute atomic E-state index is 0.0412. The SMILES string of the molecule is COC(=O)c1nc(N=Nc2ccccc2)c2c(Cl)cccc2c1C(=O)OC. The van der Waals surface area contributed by atoms with E-state index in [1.807, 2.05) is 18.2 Å². The van der Waals surface area contributed by atoms with E-state index in [4.69, 9.17) is 21.1 Å². The molecule has 3 aromatic rings. The number of pyridine rings is 1. The highest BCUT2D eigenvalue weighted by Crippen LogP contribution is 2.35. The third-order valence-electron chi connectivity index (χ3n) is 3.75. The number of rotatable bonds is 4. The molecule has 0 aliphatic heterocycles. The van der Waals surface area contributed by atoms with Crippen LogP contribution in [0.4, 0.5) is 11.5 Å². The third-order valence-corrected chi connectivity index (χ3v) is 4.06. The molecule has 7 nitrogen and oxygen atoms in total. The second-order valence-electron chi connectivity index (χ2n) is 5.34. The van der Waals surface area contributed by atoms with Gasteiger partial charge in [-0.3, -0.25) is 0 Å². The summed E-state index contributed by atoms with van der Waals surface area (Å²) in [6.07, 6.45) is 0. The molecular weight excluding hydrogens is 370 g/mol. The molecular formula is C19H14ClN3O4. The molecule has 0 aliphatic rings. The number of azo groups is 1. The number of fused-ring (bicyclic) bond motifs is 1. The van der Waals surface area contributed by atoms with Crippen LogP contribution in [0.2, 0.25) is 5.02 Å². The van der Waals surface area contributed by atoms with Gasteiger partial charge in [-0.1, -0.05) is 41.9 Å². The largest absolute Gasteiger partial charge is 0.465 e. The van der Waals surface area contributed by atoms with Gasteiger partial charge in [0.05, 0.1) is 24.9 Å². The fourth-order valence-corrected chi connectivity index (χ4v) is 2.79. The van der Waals surface area contributed by atoms with Gasteiger partial charge in [0.25, 0.3) is 0 Å². The molecule has 1 heterocycles. The predicted molar refractivity (Wildman–Crippen MR) is 100 cm³/mol. The summed E-state index contributed by atoms with van der Waals surface area (Å²) in [5.41, 5.74) is 0.331. The fourth-order valence-electron chi connectivity index (χ4n) is 2.53. The van der Waals surface area contributed by atoms with Crippen molar-refractivity contribution in [3.05, 3.63) is 64.8 Å². The minimum atomic E-state index is -0.798. The average Bonchev–Trinajstić information content (AvgIpc) is 2.71. The Morgan fingerprint density at radius 1 is 0.926 bits per heavy atom. The summed E-state index contributed by atoms with van der Waals surface area (Å²) in [5.74, 6) is -1.44. The number of halogens is 1. The van der Waals surface area contributed by atoms with Gasteiger partial charge in [-0.25, -0.2) is 14.6 Å². The van der Waals surface area contributed by atoms with Crippen LogP contribution in [-0.2, 0) is 9.47 Å². The van der Waals surface area contributed by atoms with Crippen LogP contribution in [0.25, 0.3) is 10.8 Å². The summed E-state index contributed by atoms with van der Waals surface area (Å²) in [6, 6.07) is 13.9. The van der Waals surface area contributed by atoms with Crippen molar-refractivity contribution >= 4 is 45.8 Å². The molecule has 0 saturated heterocycles. The van der Waals surface area contributed by atoms with E-state index in [-0.39, 0.29) is 17.1 Å². The first-order valence-electron chi connectivity index (χ1n) is 7.82. The maximum Gasteiger partial charge on any atom is 0.357 e. The second kappa shape index (κ2) is 7.92. The van der Waals surface area contributed by atoms with Crippen molar-refractivity contribution in [3.8, 4) is 0 Å². The van der Waals surface area contributed by atoms with Gasteiger partial charge in [-0.05, 0) is 18.2 Å². The van der Waals surface area contributed by atoms with Crippen LogP contribution < -0.4 is 0 Å². The van der Waals surface area contributed by atoms with E-state index in [0.29, 0.717) is 21.5 Å². The van der Waals surface area contributed by atoms with Gasteiger partial charge in [0.1, 0.15) is 5.56 Å². The highest BCUT2D eigenvalue weighted by Gasteiger charge is 2.26. The molecule has 3 rings (SSSR count). The summed E-state index contributed by atoms with van der Waals surface area (Å²) < 4.78 is 9.56. The van der Waals surface area contributed by atoms with Crippen molar-refractivity contribution in [2.75, 3.05) is 14.2 Å². The number of carbonyl (C=O) groups is 2. The van der Waals surface area contributed by atoms with Crippen LogP contribution in [0, 0.1) is 0 Å². The Morgan fingerprint density at radius 3 is 2.30 bits per heavy atom. The van der Waals surface area contributed by atoms with E-state index >= 15 is 0 Å². The lowest BCUT2D eigenvalue weighted by atomic mass is 10.0. The maximum absolute atomic E-state index is 12.3. The summed E-state index contributed by atoms with van der Waals surface area (Å²) >= 11 is 6.32. The number of hydrogen-bond donors (Lipinski definition) is 0. The minimum Gasteiger partial charge on any atom is -0.465 e. The molecule has 8 heteroatoms. The van der Waals surface area contributed by atoms with Crippen LogP contribution in [0.15, 0.2) is 58.8 Å². The summed E-state index contributed by atoms with van der Waals surface area (Å²) in [7, 11) is 2.40. The molecule has 1 aromatic heterocycles. The zero-order valence-corrected chi connectivity index (χ0v) is 15.2. The lowest BCUT2D eigenvalue weighted by molar-refractivity contribution is 0.0552. The molecule has 27 heavy (non-hydrogen) atoms. The van der Waals surface area contributed by atoms with Gasteiger partial charge in [0.15, 0.2) is 11.5 Å². The Balaban J connectivity index is 2.32. The molecule has 0 spiro atoms. The van der Waals surface area contributed by atoms with Crippen molar-refractivity contribution in [1.29, 1.82) is 0 Å². The smallest absolute Gasteiger partial charge is 0.357 e. The van der Waals surface area contributed by atoms with Gasteiger partial charge in [0, 0.05) is 10.8 Å². The highest BCUT2D eigenvalue weighted by molar-refractivity contribution is 6.37. The standard InChI is InChI=1S/C19H14ClN3O4/c1-26-18(24)15-12-9-6-10-13(20)14(12)17(21-16(15)19(25)27-2)23-22-11-7-4-3-5-8-11/h3-10H,1-2H3. The van der Waals surface area contributed by atoms with E-state index in [1.54, 1.807) is 30.3 Å². The van der Waals surface area contributed by atoms with Crippen LogP contribution in [0.5, 0.6) is 0 Å². The van der Waals surface area contributed by atoms with E-state index < -0.39 is 11.9 Å².